The van der Waals surface area contributed by atoms with Crippen molar-refractivity contribution in [3.8, 4) is 11.1 Å². The van der Waals surface area contributed by atoms with Gasteiger partial charge in [-0.05, 0) is 68.2 Å². The van der Waals surface area contributed by atoms with Crippen molar-refractivity contribution in [2.75, 3.05) is 11.9 Å². The molecule has 0 spiro atoms. The number of hydrogen-bond acceptors (Lipinski definition) is 5. The maximum Gasteiger partial charge on any atom is 0.411 e. The molecule has 0 saturated carbocycles. The Morgan fingerprint density at radius 3 is 2.24 bits per heavy atom. The first-order chi connectivity index (χ1) is 17.1. The van der Waals surface area contributed by atoms with Crippen LogP contribution in [0.3, 0.4) is 0 Å². The molecule has 0 aliphatic carbocycles. The molecule has 0 bridgehead atoms. The first kappa shape index (κ1) is 28.6. The molecule has 1 heterocycles. The highest BCUT2D eigenvalue weighted by atomic mass is 28.4. The van der Waals surface area contributed by atoms with Crippen LogP contribution >= 0.6 is 0 Å². The minimum Gasteiger partial charge on any atom is -0.444 e. The van der Waals surface area contributed by atoms with Crippen LogP contribution in [0.4, 0.5) is 10.5 Å². The van der Waals surface area contributed by atoms with Gasteiger partial charge >= 0.3 is 6.09 Å². The highest BCUT2D eigenvalue weighted by molar-refractivity contribution is 6.74. The van der Waals surface area contributed by atoms with Crippen molar-refractivity contribution in [2.45, 2.75) is 83.8 Å². The van der Waals surface area contributed by atoms with E-state index < -0.39 is 26.1 Å². The molecule has 1 aliphatic heterocycles. The van der Waals surface area contributed by atoms with Gasteiger partial charge in [0.25, 0.3) is 0 Å². The van der Waals surface area contributed by atoms with E-state index in [4.69, 9.17) is 9.16 Å². The molecule has 2 amide bonds. The lowest BCUT2D eigenvalue weighted by Gasteiger charge is -2.38. The molecule has 7 nitrogen and oxygen atoms in total. The van der Waals surface area contributed by atoms with E-state index in [1.54, 1.807) is 39.0 Å². The molecule has 8 heteroatoms. The molecule has 1 saturated heterocycles. The number of rotatable bonds is 6. The summed E-state index contributed by atoms with van der Waals surface area (Å²) in [7, 11) is -2.12. The quantitative estimate of drug-likeness (QED) is 0.344. The first-order valence-corrected chi connectivity index (χ1v) is 15.6. The molecule has 1 unspecified atom stereocenters. The summed E-state index contributed by atoms with van der Waals surface area (Å²) in [5, 5.41) is 2.96. The molecule has 0 aromatic heterocycles. The minimum absolute atomic E-state index is 0.00173. The lowest BCUT2D eigenvalue weighted by molar-refractivity contribution is -0.120. The predicted octanol–water partition coefficient (Wildman–Crippen LogP) is 6.50. The van der Waals surface area contributed by atoms with E-state index in [-0.39, 0.29) is 17.0 Å². The van der Waals surface area contributed by atoms with Crippen LogP contribution in [0.1, 0.15) is 58.3 Å². The second kappa shape index (κ2) is 10.8. The van der Waals surface area contributed by atoms with Crippen molar-refractivity contribution < 1.29 is 23.5 Å². The first-order valence-electron chi connectivity index (χ1n) is 12.7. The average molecular weight is 525 g/mol. The number of aldehydes is 1. The molecule has 1 N–H and O–H groups in total. The zero-order valence-corrected chi connectivity index (χ0v) is 24.3. The van der Waals surface area contributed by atoms with E-state index in [9.17, 15) is 14.4 Å². The Bertz CT molecular complexity index is 1140. The van der Waals surface area contributed by atoms with Gasteiger partial charge in [0.2, 0.25) is 5.91 Å². The summed E-state index contributed by atoms with van der Waals surface area (Å²) in [6.07, 6.45) is 0.393. The molecule has 200 valence electrons. The molecule has 1 fully saturated rings. The third-order valence-electron chi connectivity index (χ3n) is 6.99. The SMILES string of the molecule is CC(C)(C)OC(=O)N1CC(O[Si](C)(C)C(C)(C)C)C[C@H]1C(=O)Nc1ccc(C=O)c(-c2ccccc2)c1. The van der Waals surface area contributed by atoms with E-state index in [1.165, 1.54) is 4.90 Å². The van der Waals surface area contributed by atoms with Crippen LogP contribution in [-0.4, -0.2) is 55.8 Å². The number of likely N-dealkylation sites (tertiary alicyclic amines) is 1. The van der Waals surface area contributed by atoms with Crippen molar-refractivity contribution >= 4 is 32.3 Å². The van der Waals surface area contributed by atoms with Crippen LogP contribution in [0.2, 0.25) is 18.1 Å². The zero-order valence-electron chi connectivity index (χ0n) is 23.3. The normalized spacial score (nSPS) is 18.4. The number of anilines is 1. The van der Waals surface area contributed by atoms with Gasteiger partial charge in [-0.1, -0.05) is 51.1 Å². The average Bonchev–Trinajstić information content (AvgIpc) is 3.21. The van der Waals surface area contributed by atoms with Crippen LogP contribution < -0.4 is 5.32 Å². The van der Waals surface area contributed by atoms with Crippen LogP contribution in [0.5, 0.6) is 0 Å². The molecule has 1 aliphatic rings. The van der Waals surface area contributed by atoms with Crippen molar-refractivity contribution in [1.29, 1.82) is 0 Å². The monoisotopic (exact) mass is 524 g/mol. The highest BCUT2D eigenvalue weighted by Gasteiger charge is 2.46. The van der Waals surface area contributed by atoms with E-state index in [0.29, 0.717) is 24.2 Å². The van der Waals surface area contributed by atoms with Crippen LogP contribution in [0, 0.1) is 0 Å². The van der Waals surface area contributed by atoms with Crippen molar-refractivity contribution in [1.82, 2.24) is 4.90 Å². The number of nitrogens with zero attached hydrogens (tertiary/aromatic N) is 1. The van der Waals surface area contributed by atoms with Gasteiger partial charge in [-0.25, -0.2) is 4.79 Å². The molecule has 3 rings (SSSR count). The number of amides is 2. The van der Waals surface area contributed by atoms with Gasteiger partial charge in [-0.15, -0.1) is 0 Å². The fourth-order valence-corrected chi connectivity index (χ4v) is 5.43. The van der Waals surface area contributed by atoms with Crippen molar-refractivity contribution in [3.05, 3.63) is 54.1 Å². The Labute approximate surface area is 221 Å². The van der Waals surface area contributed by atoms with E-state index in [1.807, 2.05) is 30.3 Å². The summed E-state index contributed by atoms with van der Waals surface area (Å²) in [5.41, 5.74) is 1.99. The maximum absolute atomic E-state index is 13.5. The van der Waals surface area contributed by atoms with Crippen LogP contribution in [-0.2, 0) is 14.0 Å². The Kier molecular flexibility index (Phi) is 8.34. The number of nitrogens with one attached hydrogen (secondary N) is 1. The third-order valence-corrected chi connectivity index (χ3v) is 11.5. The Hall–Kier alpha value is -2.97. The second-order valence-electron chi connectivity index (χ2n) is 12.2. The third kappa shape index (κ3) is 7.08. The van der Waals surface area contributed by atoms with Crippen LogP contribution in [0.15, 0.2) is 48.5 Å². The number of hydrogen-bond donors (Lipinski definition) is 1. The van der Waals surface area contributed by atoms with E-state index in [0.717, 1.165) is 17.4 Å². The molecule has 37 heavy (non-hydrogen) atoms. The fraction of sp³-hybridized carbons (Fsp3) is 0.483. The summed E-state index contributed by atoms with van der Waals surface area (Å²) in [6, 6.07) is 14.0. The standard InChI is InChI=1S/C29H40N2O5Si/c1-28(2,3)35-27(34)31-18-23(36-37(7,8)29(4,5)6)17-25(31)26(33)30-22-15-14-21(19-32)24(16-22)20-12-10-9-11-13-20/h9-16,19,23,25H,17-18H2,1-8H3,(H,30,33)/t23?,25-/m0/s1. The molecule has 2 atom stereocenters. The smallest absolute Gasteiger partial charge is 0.411 e. The maximum atomic E-state index is 13.5. The minimum atomic E-state index is -2.12. The number of carbonyl (C=O) groups is 3. The second-order valence-corrected chi connectivity index (χ2v) is 16.9. The molecule has 0 radical (unpaired) electrons. The lowest BCUT2D eigenvalue weighted by Crippen LogP contribution is -2.46. The van der Waals surface area contributed by atoms with E-state index in [2.05, 4.69) is 39.2 Å². The van der Waals surface area contributed by atoms with Gasteiger partial charge in [0.1, 0.15) is 11.6 Å². The fourth-order valence-electron chi connectivity index (χ4n) is 4.08. The van der Waals surface area contributed by atoms with Gasteiger partial charge in [0, 0.05) is 24.2 Å². The van der Waals surface area contributed by atoms with Gasteiger partial charge in [-0.3, -0.25) is 14.5 Å². The van der Waals surface area contributed by atoms with Crippen molar-refractivity contribution in [3.63, 3.8) is 0 Å². The topological polar surface area (TPSA) is 84.9 Å². The summed E-state index contributed by atoms with van der Waals surface area (Å²) in [4.78, 5) is 39.8. The zero-order chi connectivity index (χ0) is 27.6. The Morgan fingerprint density at radius 1 is 1.03 bits per heavy atom. The summed E-state index contributed by atoms with van der Waals surface area (Å²) in [6.45, 7) is 16.5. The summed E-state index contributed by atoms with van der Waals surface area (Å²) in [5.74, 6) is -0.315. The van der Waals surface area contributed by atoms with Gasteiger partial charge in [0.15, 0.2) is 14.6 Å². The number of carbonyl (C=O) groups excluding carboxylic acids is 3. The summed E-state index contributed by atoms with van der Waals surface area (Å²) < 4.78 is 12.2. The lowest BCUT2D eigenvalue weighted by atomic mass is 9.99. The number of ether oxygens (including phenoxy) is 1. The Balaban J connectivity index is 1.86. The molecular formula is C29H40N2O5Si. The van der Waals surface area contributed by atoms with E-state index >= 15 is 0 Å². The molecular weight excluding hydrogens is 484 g/mol. The van der Waals surface area contributed by atoms with Gasteiger partial charge < -0.3 is 14.5 Å². The summed E-state index contributed by atoms with van der Waals surface area (Å²) >= 11 is 0. The van der Waals surface area contributed by atoms with Crippen LogP contribution in [0.25, 0.3) is 11.1 Å². The van der Waals surface area contributed by atoms with Crippen molar-refractivity contribution in [2.24, 2.45) is 0 Å². The molecule has 2 aromatic rings. The largest absolute Gasteiger partial charge is 0.444 e. The number of benzene rings is 2. The van der Waals surface area contributed by atoms with Gasteiger partial charge in [-0.2, -0.15) is 0 Å². The predicted molar refractivity (Wildman–Crippen MR) is 149 cm³/mol. The highest BCUT2D eigenvalue weighted by Crippen LogP contribution is 2.39. The Morgan fingerprint density at radius 2 is 1.68 bits per heavy atom. The van der Waals surface area contributed by atoms with Gasteiger partial charge in [0.05, 0.1) is 6.10 Å². The molecule has 2 aromatic carbocycles.